The van der Waals surface area contributed by atoms with E-state index in [0.717, 1.165) is 17.0 Å². The monoisotopic (exact) mass is 218 g/mol. The highest BCUT2D eigenvalue weighted by Crippen LogP contribution is 2.22. The Morgan fingerprint density at radius 3 is 2.81 bits per heavy atom. The highest BCUT2D eigenvalue weighted by Gasteiger charge is 2.12. The number of pyridine rings is 1. The number of rotatable bonds is 3. The van der Waals surface area contributed by atoms with Crippen molar-refractivity contribution in [2.75, 3.05) is 25.5 Å². The van der Waals surface area contributed by atoms with Crippen molar-refractivity contribution >= 4 is 11.3 Å². The molecule has 0 radical (unpaired) electrons. The number of nitrogens with zero attached hydrogens (tertiary/aromatic N) is 3. The van der Waals surface area contributed by atoms with Crippen LogP contribution in [0, 0.1) is 0 Å². The van der Waals surface area contributed by atoms with Gasteiger partial charge in [-0.2, -0.15) is 0 Å². The number of hydrogen-bond acceptors (Lipinski definition) is 3. The largest absolute Gasteiger partial charge is 0.364 e. The van der Waals surface area contributed by atoms with Crippen LogP contribution in [0.2, 0.25) is 0 Å². The Morgan fingerprint density at radius 2 is 2.19 bits per heavy atom. The summed E-state index contributed by atoms with van der Waals surface area (Å²) in [5, 5.41) is 0. The Labute approximate surface area is 95.7 Å². The van der Waals surface area contributed by atoms with Gasteiger partial charge in [-0.25, -0.2) is 4.98 Å². The molecule has 1 atom stereocenters. The molecule has 0 aliphatic rings. The summed E-state index contributed by atoms with van der Waals surface area (Å²) in [6, 6.07) is 6.21. The molecule has 0 aliphatic carbocycles. The molecule has 0 aromatic carbocycles. The Morgan fingerprint density at radius 1 is 1.44 bits per heavy atom. The maximum atomic E-state index is 5.69. The molecule has 16 heavy (non-hydrogen) atoms. The van der Waals surface area contributed by atoms with E-state index in [9.17, 15) is 0 Å². The SMILES string of the molecule is CC(CN)c1ncn2c(N(C)C)cccc12. The van der Waals surface area contributed by atoms with Crippen molar-refractivity contribution in [2.45, 2.75) is 12.8 Å². The van der Waals surface area contributed by atoms with Crippen LogP contribution >= 0.6 is 0 Å². The lowest BCUT2D eigenvalue weighted by molar-refractivity contribution is 0.757. The van der Waals surface area contributed by atoms with E-state index in [0.29, 0.717) is 12.5 Å². The fourth-order valence-corrected chi connectivity index (χ4v) is 1.88. The number of imidazole rings is 1. The fraction of sp³-hybridized carbons (Fsp3) is 0.417. The molecule has 2 rings (SSSR count). The molecule has 4 heteroatoms. The van der Waals surface area contributed by atoms with Gasteiger partial charge in [0.25, 0.3) is 0 Å². The molecule has 0 spiro atoms. The molecular weight excluding hydrogens is 200 g/mol. The van der Waals surface area contributed by atoms with Crippen LogP contribution < -0.4 is 10.6 Å². The molecule has 0 fully saturated rings. The van der Waals surface area contributed by atoms with Crippen LogP contribution in [0.3, 0.4) is 0 Å². The second-order valence-corrected chi connectivity index (χ2v) is 4.30. The van der Waals surface area contributed by atoms with Gasteiger partial charge >= 0.3 is 0 Å². The first-order chi connectivity index (χ1) is 7.65. The van der Waals surface area contributed by atoms with Gasteiger partial charge in [0, 0.05) is 26.6 Å². The third-order valence-corrected chi connectivity index (χ3v) is 2.86. The lowest BCUT2D eigenvalue weighted by Crippen LogP contribution is -2.13. The first-order valence-corrected chi connectivity index (χ1v) is 5.48. The summed E-state index contributed by atoms with van der Waals surface area (Å²) in [5.74, 6) is 1.42. The van der Waals surface area contributed by atoms with Gasteiger partial charge < -0.3 is 10.6 Å². The van der Waals surface area contributed by atoms with Gasteiger partial charge in [-0.1, -0.05) is 13.0 Å². The van der Waals surface area contributed by atoms with E-state index in [-0.39, 0.29) is 0 Å². The second kappa shape index (κ2) is 4.14. The molecule has 1 unspecified atom stereocenters. The smallest absolute Gasteiger partial charge is 0.113 e. The average Bonchev–Trinajstić information content (AvgIpc) is 2.71. The molecule has 0 saturated heterocycles. The predicted octanol–water partition coefficient (Wildman–Crippen LogP) is 1.46. The highest BCUT2D eigenvalue weighted by atomic mass is 15.2. The van der Waals surface area contributed by atoms with Crippen LogP contribution in [-0.4, -0.2) is 30.0 Å². The molecule has 0 aliphatic heterocycles. The minimum absolute atomic E-state index is 0.294. The lowest BCUT2D eigenvalue weighted by Gasteiger charge is -2.14. The summed E-state index contributed by atoms with van der Waals surface area (Å²) in [4.78, 5) is 6.54. The van der Waals surface area contributed by atoms with E-state index in [1.54, 1.807) is 0 Å². The Balaban J connectivity index is 2.61. The fourth-order valence-electron chi connectivity index (χ4n) is 1.88. The van der Waals surface area contributed by atoms with Crippen LogP contribution in [0.4, 0.5) is 5.82 Å². The highest BCUT2D eigenvalue weighted by molar-refractivity contribution is 5.59. The van der Waals surface area contributed by atoms with Crippen molar-refractivity contribution in [3.05, 3.63) is 30.2 Å². The summed E-state index contributed by atoms with van der Waals surface area (Å²) in [7, 11) is 4.06. The number of hydrogen-bond donors (Lipinski definition) is 1. The van der Waals surface area contributed by atoms with Crippen LogP contribution in [-0.2, 0) is 0 Å². The molecule has 2 heterocycles. The number of fused-ring (bicyclic) bond motifs is 1. The van der Waals surface area contributed by atoms with E-state index < -0.39 is 0 Å². The zero-order valence-corrected chi connectivity index (χ0v) is 10.0. The molecule has 86 valence electrons. The average molecular weight is 218 g/mol. The zero-order valence-electron chi connectivity index (χ0n) is 10.0. The van der Waals surface area contributed by atoms with Crippen LogP contribution in [0.15, 0.2) is 24.5 Å². The first kappa shape index (κ1) is 11.0. The van der Waals surface area contributed by atoms with Crippen molar-refractivity contribution < 1.29 is 0 Å². The molecule has 0 saturated carbocycles. The van der Waals surface area contributed by atoms with Gasteiger partial charge in [0.2, 0.25) is 0 Å². The third kappa shape index (κ3) is 1.65. The molecule has 0 amide bonds. The minimum atomic E-state index is 0.294. The maximum absolute atomic E-state index is 5.69. The minimum Gasteiger partial charge on any atom is -0.364 e. The van der Waals surface area contributed by atoms with Crippen molar-refractivity contribution in [1.29, 1.82) is 0 Å². The van der Waals surface area contributed by atoms with E-state index >= 15 is 0 Å². The van der Waals surface area contributed by atoms with Gasteiger partial charge in [0.1, 0.15) is 12.1 Å². The van der Waals surface area contributed by atoms with Gasteiger partial charge in [-0.05, 0) is 12.1 Å². The molecule has 2 aromatic rings. The first-order valence-electron chi connectivity index (χ1n) is 5.48. The van der Waals surface area contributed by atoms with Crippen LogP contribution in [0.25, 0.3) is 5.52 Å². The quantitative estimate of drug-likeness (QED) is 0.848. The zero-order chi connectivity index (χ0) is 11.7. The standard InChI is InChI=1S/C12H18N4/c1-9(7-13)12-10-5-4-6-11(15(2)3)16(10)8-14-12/h4-6,8-9H,7,13H2,1-3H3. The van der Waals surface area contributed by atoms with Crippen molar-refractivity contribution in [3.8, 4) is 0 Å². The third-order valence-electron chi connectivity index (χ3n) is 2.86. The summed E-state index contributed by atoms with van der Waals surface area (Å²) in [5.41, 5.74) is 7.91. The predicted molar refractivity (Wildman–Crippen MR) is 67.0 cm³/mol. The Hall–Kier alpha value is -1.55. The Kier molecular flexibility index (Phi) is 2.83. The summed E-state index contributed by atoms with van der Waals surface area (Å²) in [6.45, 7) is 2.73. The number of nitrogens with two attached hydrogens (primary N) is 1. The normalized spacial score (nSPS) is 13.0. The maximum Gasteiger partial charge on any atom is 0.113 e. The van der Waals surface area contributed by atoms with E-state index in [2.05, 4.69) is 39.4 Å². The molecule has 2 aromatic heterocycles. The lowest BCUT2D eigenvalue weighted by atomic mass is 10.1. The van der Waals surface area contributed by atoms with Crippen LogP contribution in [0.5, 0.6) is 0 Å². The second-order valence-electron chi connectivity index (χ2n) is 4.30. The number of anilines is 1. The van der Waals surface area contributed by atoms with Crippen molar-refractivity contribution in [1.82, 2.24) is 9.38 Å². The topological polar surface area (TPSA) is 46.6 Å². The van der Waals surface area contributed by atoms with Gasteiger partial charge in [0.05, 0.1) is 11.2 Å². The van der Waals surface area contributed by atoms with Crippen molar-refractivity contribution in [2.24, 2.45) is 5.73 Å². The van der Waals surface area contributed by atoms with Crippen molar-refractivity contribution in [3.63, 3.8) is 0 Å². The number of aromatic nitrogens is 2. The van der Waals surface area contributed by atoms with E-state index in [4.69, 9.17) is 5.73 Å². The molecule has 0 bridgehead atoms. The summed E-state index contributed by atoms with van der Waals surface area (Å²) in [6.07, 6.45) is 1.87. The Bertz CT molecular complexity index is 487. The van der Waals surface area contributed by atoms with Gasteiger partial charge in [-0.15, -0.1) is 0 Å². The molecule has 4 nitrogen and oxygen atoms in total. The van der Waals surface area contributed by atoms with Crippen LogP contribution in [0.1, 0.15) is 18.5 Å². The molecular formula is C12H18N4. The van der Waals surface area contributed by atoms with Gasteiger partial charge in [0.15, 0.2) is 0 Å². The summed E-state index contributed by atoms with van der Waals surface area (Å²) >= 11 is 0. The van der Waals surface area contributed by atoms with E-state index in [1.807, 2.05) is 20.4 Å². The summed E-state index contributed by atoms with van der Waals surface area (Å²) < 4.78 is 2.10. The van der Waals surface area contributed by atoms with E-state index in [1.165, 1.54) is 0 Å². The molecule has 2 N–H and O–H groups in total. The van der Waals surface area contributed by atoms with Gasteiger partial charge in [-0.3, -0.25) is 4.40 Å².